The van der Waals surface area contributed by atoms with Gasteiger partial charge in [0.15, 0.2) is 0 Å². The first-order valence-corrected chi connectivity index (χ1v) is 13.2. The predicted molar refractivity (Wildman–Crippen MR) is 150 cm³/mol. The number of carbonyl (C=O) groups is 1. The van der Waals surface area contributed by atoms with E-state index in [1.807, 2.05) is 58.7 Å². The summed E-state index contributed by atoms with van der Waals surface area (Å²) in [4.78, 5) is 23.6. The molecular weight excluding hydrogens is 474 g/mol. The minimum absolute atomic E-state index is 0.0695. The van der Waals surface area contributed by atoms with E-state index in [9.17, 15) is 4.79 Å². The third kappa shape index (κ3) is 3.72. The predicted octanol–water partition coefficient (Wildman–Crippen LogP) is 3.96. The van der Waals surface area contributed by atoms with E-state index < -0.39 is 5.54 Å². The second-order valence-electron chi connectivity index (χ2n) is 10.7. The van der Waals surface area contributed by atoms with E-state index in [1.54, 1.807) is 0 Å². The second kappa shape index (κ2) is 9.40. The SMILES string of the molecule is CN(C)C1=CC2Oc3cc(N(C)C)ccc3C3(c4ccccc4C(=O)N3CCNCc3ccc[nH]3)C2C=C1. The number of fused-ring (bicyclic) bond motifs is 6. The van der Waals surface area contributed by atoms with Crippen molar-refractivity contribution >= 4 is 11.6 Å². The minimum Gasteiger partial charge on any atom is -0.485 e. The zero-order chi connectivity index (χ0) is 26.4. The molecule has 6 rings (SSSR count). The van der Waals surface area contributed by atoms with Gasteiger partial charge in [0.25, 0.3) is 5.91 Å². The van der Waals surface area contributed by atoms with Gasteiger partial charge in [-0.15, -0.1) is 0 Å². The summed E-state index contributed by atoms with van der Waals surface area (Å²) in [6.45, 7) is 1.97. The second-order valence-corrected chi connectivity index (χ2v) is 10.7. The summed E-state index contributed by atoms with van der Waals surface area (Å²) in [5.74, 6) is 0.831. The quantitative estimate of drug-likeness (QED) is 0.472. The van der Waals surface area contributed by atoms with Gasteiger partial charge in [-0.2, -0.15) is 0 Å². The number of nitrogens with one attached hydrogen (secondary N) is 2. The summed E-state index contributed by atoms with van der Waals surface area (Å²) in [5, 5.41) is 3.53. The first-order valence-electron chi connectivity index (χ1n) is 13.2. The van der Waals surface area contributed by atoms with Crippen molar-refractivity contribution in [3.8, 4) is 5.75 Å². The van der Waals surface area contributed by atoms with Gasteiger partial charge in [0.1, 0.15) is 17.4 Å². The lowest BCUT2D eigenvalue weighted by molar-refractivity contribution is 0.0228. The largest absolute Gasteiger partial charge is 0.485 e. The average molecular weight is 510 g/mol. The van der Waals surface area contributed by atoms with E-state index in [2.05, 4.69) is 73.6 Å². The van der Waals surface area contributed by atoms with E-state index in [4.69, 9.17) is 4.74 Å². The van der Waals surface area contributed by atoms with Gasteiger partial charge in [-0.25, -0.2) is 0 Å². The lowest BCUT2D eigenvalue weighted by Crippen LogP contribution is -2.57. The molecule has 0 fully saturated rings. The highest BCUT2D eigenvalue weighted by molar-refractivity contribution is 6.01. The molecule has 3 unspecified atom stereocenters. The van der Waals surface area contributed by atoms with Crippen molar-refractivity contribution in [3.05, 3.63) is 107 Å². The van der Waals surface area contributed by atoms with Crippen LogP contribution in [0.5, 0.6) is 5.75 Å². The van der Waals surface area contributed by atoms with Crippen molar-refractivity contribution in [1.29, 1.82) is 0 Å². The Morgan fingerprint density at radius 3 is 2.63 bits per heavy atom. The zero-order valence-electron chi connectivity index (χ0n) is 22.4. The van der Waals surface area contributed by atoms with Crippen molar-refractivity contribution in [2.75, 3.05) is 46.2 Å². The third-order valence-electron chi connectivity index (χ3n) is 8.05. The van der Waals surface area contributed by atoms with E-state index in [1.165, 1.54) is 0 Å². The number of allylic oxidation sites excluding steroid dienone is 1. The number of amides is 1. The maximum atomic E-state index is 14.1. The number of carbonyl (C=O) groups excluding carboxylic acids is 1. The fraction of sp³-hybridized carbons (Fsp3) is 0.323. The Labute approximate surface area is 224 Å². The van der Waals surface area contributed by atoms with Crippen LogP contribution in [0.1, 0.15) is 27.2 Å². The maximum Gasteiger partial charge on any atom is 0.255 e. The van der Waals surface area contributed by atoms with Crippen LogP contribution in [0.4, 0.5) is 5.69 Å². The van der Waals surface area contributed by atoms with Gasteiger partial charge in [-0.05, 0) is 42.0 Å². The van der Waals surface area contributed by atoms with E-state index in [0.717, 1.165) is 46.1 Å². The monoisotopic (exact) mass is 509 g/mol. The van der Waals surface area contributed by atoms with Crippen molar-refractivity contribution < 1.29 is 9.53 Å². The number of likely N-dealkylation sites (N-methyl/N-ethyl adjacent to an activating group) is 1. The molecule has 2 aliphatic heterocycles. The first kappa shape index (κ1) is 24.4. The fourth-order valence-corrected chi connectivity index (χ4v) is 6.22. The third-order valence-corrected chi connectivity index (χ3v) is 8.05. The summed E-state index contributed by atoms with van der Waals surface area (Å²) in [6, 6.07) is 18.6. The van der Waals surface area contributed by atoms with Gasteiger partial charge in [0, 0.05) is 88.3 Å². The van der Waals surface area contributed by atoms with Crippen LogP contribution in [0.15, 0.2) is 84.7 Å². The number of hydrogen-bond acceptors (Lipinski definition) is 5. The topological polar surface area (TPSA) is 63.8 Å². The molecule has 7 nitrogen and oxygen atoms in total. The molecule has 1 aliphatic carbocycles. The molecule has 1 spiro atoms. The first-order chi connectivity index (χ1) is 18.4. The highest BCUT2D eigenvalue weighted by Gasteiger charge is 2.60. The number of ether oxygens (including phenoxy) is 1. The molecule has 3 atom stereocenters. The van der Waals surface area contributed by atoms with E-state index in [0.29, 0.717) is 13.1 Å². The van der Waals surface area contributed by atoms with Gasteiger partial charge >= 0.3 is 0 Å². The lowest BCUT2D eigenvalue weighted by atomic mass is 9.67. The number of nitrogens with zero attached hydrogens (tertiary/aromatic N) is 3. The Kier molecular flexibility index (Phi) is 6.03. The molecule has 0 radical (unpaired) electrons. The Balaban J connectivity index is 1.48. The Bertz CT molecular complexity index is 1410. The van der Waals surface area contributed by atoms with Crippen molar-refractivity contribution in [2.45, 2.75) is 18.2 Å². The number of benzene rings is 2. The molecule has 1 aromatic heterocycles. The van der Waals surface area contributed by atoms with Gasteiger partial charge < -0.3 is 29.7 Å². The molecular formula is C31H35N5O2. The molecule has 3 heterocycles. The molecule has 0 bridgehead atoms. The molecule has 38 heavy (non-hydrogen) atoms. The van der Waals surface area contributed by atoms with Crippen LogP contribution >= 0.6 is 0 Å². The number of hydrogen-bond donors (Lipinski definition) is 2. The van der Waals surface area contributed by atoms with Gasteiger partial charge in [-0.1, -0.05) is 30.3 Å². The van der Waals surface area contributed by atoms with Crippen LogP contribution < -0.4 is 15.0 Å². The smallest absolute Gasteiger partial charge is 0.255 e. The van der Waals surface area contributed by atoms with Crippen LogP contribution in [0.2, 0.25) is 0 Å². The fourth-order valence-electron chi connectivity index (χ4n) is 6.22. The summed E-state index contributed by atoms with van der Waals surface area (Å²) in [6.07, 6.45) is 8.33. The number of rotatable bonds is 7. The van der Waals surface area contributed by atoms with Crippen LogP contribution in [0, 0.1) is 5.92 Å². The van der Waals surface area contributed by atoms with Gasteiger partial charge in [0.2, 0.25) is 0 Å². The molecule has 1 amide bonds. The summed E-state index contributed by atoms with van der Waals surface area (Å²) in [5.41, 5.74) is 5.49. The average Bonchev–Trinajstić information content (AvgIpc) is 3.52. The molecule has 7 heteroatoms. The summed E-state index contributed by atoms with van der Waals surface area (Å²) >= 11 is 0. The standard InChI is InChI=1S/C31H35N5O2/c1-34(2)22-11-13-26-28(18-22)38-29-19-23(35(3)4)12-14-27(29)31(26)25-10-6-5-9-24(25)30(37)36(31)17-16-32-20-21-8-7-15-33-21/h5-15,18-19,26,28,32-33H,16-17,20H2,1-4H3. The zero-order valence-corrected chi connectivity index (χ0v) is 22.4. The van der Waals surface area contributed by atoms with Gasteiger partial charge in [-0.3, -0.25) is 4.79 Å². The lowest BCUT2D eigenvalue weighted by Gasteiger charge is -2.51. The molecule has 196 valence electrons. The Morgan fingerprint density at radius 1 is 1.03 bits per heavy atom. The molecule has 2 aromatic carbocycles. The normalized spacial score (nSPS) is 23.0. The molecule has 0 saturated carbocycles. The van der Waals surface area contributed by atoms with Crippen molar-refractivity contribution in [3.63, 3.8) is 0 Å². The number of H-pyrrole nitrogens is 1. The van der Waals surface area contributed by atoms with Crippen molar-refractivity contribution in [2.24, 2.45) is 5.92 Å². The maximum absolute atomic E-state index is 14.1. The molecule has 0 saturated heterocycles. The van der Waals surface area contributed by atoms with Crippen LogP contribution in [0.25, 0.3) is 0 Å². The van der Waals surface area contributed by atoms with Crippen LogP contribution in [-0.2, 0) is 12.1 Å². The Hall–Kier alpha value is -3.97. The highest BCUT2D eigenvalue weighted by atomic mass is 16.5. The minimum atomic E-state index is -0.671. The van der Waals surface area contributed by atoms with E-state index >= 15 is 0 Å². The summed E-state index contributed by atoms with van der Waals surface area (Å²) in [7, 11) is 8.16. The molecule has 3 aromatic rings. The number of aromatic nitrogens is 1. The van der Waals surface area contributed by atoms with Crippen LogP contribution in [-0.4, -0.2) is 68.1 Å². The number of aromatic amines is 1. The Morgan fingerprint density at radius 2 is 1.87 bits per heavy atom. The van der Waals surface area contributed by atoms with Gasteiger partial charge in [0.05, 0.1) is 5.92 Å². The van der Waals surface area contributed by atoms with E-state index in [-0.39, 0.29) is 17.9 Å². The van der Waals surface area contributed by atoms with Crippen LogP contribution in [0.3, 0.4) is 0 Å². The molecule has 3 aliphatic rings. The van der Waals surface area contributed by atoms with Crippen molar-refractivity contribution in [1.82, 2.24) is 20.1 Å². The number of anilines is 1. The summed E-state index contributed by atoms with van der Waals surface area (Å²) < 4.78 is 6.73. The highest BCUT2D eigenvalue weighted by Crippen LogP contribution is 2.57. The molecule has 2 N–H and O–H groups in total.